The SMILES string of the molecule is CCOCC1CN(Cc2ccccn2)Cc2ncn(CC3CC3)c21. The first-order chi connectivity index (χ1) is 11.8. The van der Waals surface area contributed by atoms with Gasteiger partial charge < -0.3 is 9.30 Å². The van der Waals surface area contributed by atoms with Crippen molar-refractivity contribution in [2.45, 2.75) is 45.3 Å². The van der Waals surface area contributed by atoms with Gasteiger partial charge >= 0.3 is 0 Å². The summed E-state index contributed by atoms with van der Waals surface area (Å²) in [5.41, 5.74) is 3.75. The van der Waals surface area contributed by atoms with Gasteiger partial charge in [0.2, 0.25) is 0 Å². The second-order valence-electron chi connectivity index (χ2n) is 7.02. The molecular weight excluding hydrogens is 300 g/mol. The minimum atomic E-state index is 0.402. The minimum Gasteiger partial charge on any atom is -0.381 e. The number of hydrogen-bond acceptors (Lipinski definition) is 4. The number of fused-ring (bicyclic) bond motifs is 1. The number of pyridine rings is 1. The number of ether oxygens (including phenoxy) is 1. The standard InChI is InChI=1S/C19H26N4O/c1-2-24-13-16-10-22(11-17-5-3-4-8-20-17)12-18-19(16)23(14-21-18)9-15-6-7-15/h3-5,8,14-16H,2,6-7,9-13H2,1H3. The molecule has 0 radical (unpaired) electrons. The molecule has 1 fully saturated rings. The molecule has 0 bridgehead atoms. The van der Waals surface area contributed by atoms with Crippen molar-refractivity contribution in [2.24, 2.45) is 5.92 Å². The highest BCUT2D eigenvalue weighted by Crippen LogP contribution is 2.34. The van der Waals surface area contributed by atoms with E-state index in [0.29, 0.717) is 5.92 Å². The molecule has 1 aliphatic heterocycles. The number of aromatic nitrogens is 3. The van der Waals surface area contributed by atoms with E-state index in [0.717, 1.165) is 51.0 Å². The molecule has 1 unspecified atom stereocenters. The third-order valence-electron chi connectivity index (χ3n) is 4.98. The van der Waals surface area contributed by atoms with Crippen LogP contribution in [0.3, 0.4) is 0 Å². The molecule has 1 saturated carbocycles. The number of hydrogen-bond donors (Lipinski definition) is 0. The Labute approximate surface area is 143 Å². The van der Waals surface area contributed by atoms with Gasteiger partial charge in [-0.05, 0) is 37.8 Å². The normalized spacial score (nSPS) is 21.0. The minimum absolute atomic E-state index is 0.402. The molecule has 3 heterocycles. The van der Waals surface area contributed by atoms with E-state index in [4.69, 9.17) is 9.72 Å². The fourth-order valence-electron chi connectivity index (χ4n) is 3.66. The summed E-state index contributed by atoms with van der Waals surface area (Å²) in [5.74, 6) is 1.27. The summed E-state index contributed by atoms with van der Waals surface area (Å²) < 4.78 is 8.19. The second kappa shape index (κ2) is 7.03. The first-order valence-corrected chi connectivity index (χ1v) is 9.07. The molecule has 5 nitrogen and oxygen atoms in total. The Morgan fingerprint density at radius 2 is 2.17 bits per heavy atom. The lowest BCUT2D eigenvalue weighted by Gasteiger charge is -2.33. The molecule has 2 aromatic rings. The lowest BCUT2D eigenvalue weighted by molar-refractivity contribution is 0.101. The summed E-state index contributed by atoms with van der Waals surface area (Å²) in [7, 11) is 0. The van der Waals surface area contributed by atoms with Gasteiger partial charge in [0.25, 0.3) is 0 Å². The van der Waals surface area contributed by atoms with Gasteiger partial charge in [-0.25, -0.2) is 4.98 Å². The maximum atomic E-state index is 5.79. The highest BCUT2D eigenvalue weighted by molar-refractivity contribution is 5.23. The van der Waals surface area contributed by atoms with E-state index in [1.54, 1.807) is 0 Å². The maximum Gasteiger partial charge on any atom is 0.0952 e. The summed E-state index contributed by atoms with van der Waals surface area (Å²) in [6, 6.07) is 6.12. The summed E-state index contributed by atoms with van der Waals surface area (Å²) in [5, 5.41) is 0. The molecule has 0 aromatic carbocycles. The summed E-state index contributed by atoms with van der Waals surface area (Å²) in [6.45, 7) is 7.54. The quantitative estimate of drug-likeness (QED) is 0.785. The lowest BCUT2D eigenvalue weighted by atomic mass is 9.98. The Morgan fingerprint density at radius 3 is 2.92 bits per heavy atom. The van der Waals surface area contributed by atoms with Gasteiger partial charge in [0.05, 0.1) is 24.3 Å². The van der Waals surface area contributed by atoms with Crippen molar-refractivity contribution < 1.29 is 4.74 Å². The monoisotopic (exact) mass is 326 g/mol. The van der Waals surface area contributed by atoms with Gasteiger partial charge in [0.1, 0.15) is 0 Å². The Hall–Kier alpha value is -1.72. The van der Waals surface area contributed by atoms with E-state index < -0.39 is 0 Å². The lowest BCUT2D eigenvalue weighted by Crippen LogP contribution is -2.36. The Morgan fingerprint density at radius 1 is 1.25 bits per heavy atom. The van der Waals surface area contributed by atoms with Crippen LogP contribution in [0.1, 0.15) is 42.8 Å². The van der Waals surface area contributed by atoms with Crippen LogP contribution in [0.15, 0.2) is 30.7 Å². The van der Waals surface area contributed by atoms with Crippen LogP contribution in [0, 0.1) is 5.92 Å². The maximum absolute atomic E-state index is 5.79. The van der Waals surface area contributed by atoms with Crippen molar-refractivity contribution in [2.75, 3.05) is 19.8 Å². The molecule has 128 valence electrons. The topological polar surface area (TPSA) is 43.2 Å². The fourth-order valence-corrected chi connectivity index (χ4v) is 3.66. The van der Waals surface area contributed by atoms with Crippen LogP contribution in [0.2, 0.25) is 0 Å². The molecule has 5 heteroatoms. The zero-order valence-electron chi connectivity index (χ0n) is 14.4. The summed E-state index contributed by atoms with van der Waals surface area (Å²) in [4.78, 5) is 11.7. The molecule has 0 amide bonds. The number of imidazole rings is 1. The fraction of sp³-hybridized carbons (Fsp3) is 0.579. The first-order valence-electron chi connectivity index (χ1n) is 9.07. The van der Waals surface area contributed by atoms with Gasteiger partial charge in [0.15, 0.2) is 0 Å². The van der Waals surface area contributed by atoms with Crippen LogP contribution < -0.4 is 0 Å². The van der Waals surface area contributed by atoms with Crippen LogP contribution in [-0.2, 0) is 24.4 Å². The molecule has 24 heavy (non-hydrogen) atoms. The summed E-state index contributed by atoms with van der Waals surface area (Å²) >= 11 is 0. The van der Waals surface area contributed by atoms with Crippen LogP contribution in [-0.4, -0.2) is 39.2 Å². The number of rotatable bonds is 7. The van der Waals surface area contributed by atoms with Crippen molar-refractivity contribution in [1.29, 1.82) is 0 Å². The predicted molar refractivity (Wildman–Crippen MR) is 92.5 cm³/mol. The average molecular weight is 326 g/mol. The van der Waals surface area contributed by atoms with E-state index in [2.05, 4.69) is 33.5 Å². The van der Waals surface area contributed by atoms with Gasteiger partial charge in [-0.15, -0.1) is 0 Å². The molecule has 0 saturated heterocycles. The van der Waals surface area contributed by atoms with Gasteiger partial charge in [-0.2, -0.15) is 0 Å². The van der Waals surface area contributed by atoms with E-state index >= 15 is 0 Å². The van der Waals surface area contributed by atoms with Crippen molar-refractivity contribution >= 4 is 0 Å². The largest absolute Gasteiger partial charge is 0.381 e. The van der Waals surface area contributed by atoms with Gasteiger partial charge in [-0.1, -0.05) is 6.07 Å². The van der Waals surface area contributed by atoms with Crippen LogP contribution in [0.25, 0.3) is 0 Å². The van der Waals surface area contributed by atoms with Crippen LogP contribution in [0.5, 0.6) is 0 Å². The molecule has 1 atom stereocenters. The molecule has 2 aliphatic rings. The molecule has 4 rings (SSSR count). The highest BCUT2D eigenvalue weighted by Gasteiger charge is 2.32. The van der Waals surface area contributed by atoms with Crippen molar-refractivity contribution in [1.82, 2.24) is 19.4 Å². The molecule has 0 N–H and O–H groups in total. The molecule has 2 aromatic heterocycles. The summed E-state index contributed by atoms with van der Waals surface area (Å²) in [6.07, 6.45) is 6.66. The van der Waals surface area contributed by atoms with Crippen molar-refractivity contribution in [3.05, 3.63) is 47.8 Å². The smallest absolute Gasteiger partial charge is 0.0952 e. The van der Waals surface area contributed by atoms with Crippen molar-refractivity contribution in [3.63, 3.8) is 0 Å². The van der Waals surface area contributed by atoms with Crippen LogP contribution >= 0.6 is 0 Å². The van der Waals surface area contributed by atoms with Gasteiger partial charge in [-0.3, -0.25) is 9.88 Å². The Balaban J connectivity index is 1.53. The number of nitrogens with zero attached hydrogens (tertiary/aromatic N) is 4. The third-order valence-corrected chi connectivity index (χ3v) is 4.98. The predicted octanol–water partition coefficient (Wildman–Crippen LogP) is 2.82. The van der Waals surface area contributed by atoms with E-state index in [1.165, 1.54) is 24.2 Å². The first kappa shape index (κ1) is 15.8. The van der Waals surface area contributed by atoms with E-state index in [-0.39, 0.29) is 0 Å². The zero-order chi connectivity index (χ0) is 16.4. The molecular formula is C19H26N4O. The second-order valence-corrected chi connectivity index (χ2v) is 7.02. The highest BCUT2D eigenvalue weighted by atomic mass is 16.5. The average Bonchev–Trinajstić information content (AvgIpc) is 3.33. The Kier molecular flexibility index (Phi) is 4.63. The molecule has 1 aliphatic carbocycles. The Bertz CT molecular complexity index is 665. The van der Waals surface area contributed by atoms with Crippen LogP contribution in [0.4, 0.5) is 0 Å². The van der Waals surface area contributed by atoms with E-state index in [1.807, 2.05) is 18.6 Å². The third kappa shape index (κ3) is 3.52. The molecule has 0 spiro atoms. The van der Waals surface area contributed by atoms with Gasteiger partial charge in [0, 0.05) is 50.6 Å². The zero-order valence-corrected chi connectivity index (χ0v) is 14.4. The van der Waals surface area contributed by atoms with E-state index in [9.17, 15) is 0 Å². The van der Waals surface area contributed by atoms with Crippen molar-refractivity contribution in [3.8, 4) is 0 Å².